The average molecular weight is 265 g/mol. The van der Waals surface area contributed by atoms with Gasteiger partial charge in [0.1, 0.15) is 11.6 Å². The van der Waals surface area contributed by atoms with E-state index in [4.69, 9.17) is 5.11 Å². The Bertz CT molecular complexity index is 431. The third-order valence-corrected chi connectivity index (χ3v) is 4.26. The molecule has 2 aliphatic rings. The number of aliphatic hydroxyl groups excluding tert-OH is 1. The fourth-order valence-corrected chi connectivity index (χ4v) is 3.21. The molecule has 0 aliphatic carbocycles. The first-order chi connectivity index (χ1) is 9.28. The van der Waals surface area contributed by atoms with Gasteiger partial charge in [-0.25, -0.2) is 0 Å². The van der Waals surface area contributed by atoms with Gasteiger partial charge in [0.15, 0.2) is 0 Å². The largest absolute Gasteiger partial charge is 0.395 e. The second kappa shape index (κ2) is 5.56. The molecule has 3 rings (SSSR count). The van der Waals surface area contributed by atoms with Gasteiger partial charge in [0, 0.05) is 32.1 Å². The number of aliphatic hydroxyl groups is 1. The van der Waals surface area contributed by atoms with E-state index in [1.165, 1.54) is 12.8 Å². The molecule has 106 valence electrons. The molecule has 1 fully saturated rings. The van der Waals surface area contributed by atoms with Crippen LogP contribution in [-0.4, -0.2) is 69.5 Å². The van der Waals surface area contributed by atoms with E-state index in [0.717, 1.165) is 50.9 Å². The van der Waals surface area contributed by atoms with Crippen LogP contribution in [0.25, 0.3) is 0 Å². The van der Waals surface area contributed by atoms with Crippen molar-refractivity contribution in [1.29, 1.82) is 0 Å². The van der Waals surface area contributed by atoms with E-state index in [9.17, 15) is 0 Å². The Balaban J connectivity index is 1.75. The Kier molecular flexibility index (Phi) is 3.81. The van der Waals surface area contributed by atoms with Gasteiger partial charge in [-0.15, -0.1) is 10.2 Å². The third-order valence-electron chi connectivity index (χ3n) is 4.26. The molecule has 1 atom stereocenters. The quantitative estimate of drug-likeness (QED) is 0.827. The molecule has 6 heteroatoms. The van der Waals surface area contributed by atoms with Crippen molar-refractivity contribution in [2.75, 3.05) is 39.8 Å². The normalized spacial score (nSPS) is 25.5. The molecule has 0 radical (unpaired) electrons. The van der Waals surface area contributed by atoms with E-state index in [0.29, 0.717) is 5.92 Å². The molecule has 1 saturated heterocycles. The van der Waals surface area contributed by atoms with Crippen LogP contribution >= 0.6 is 0 Å². The van der Waals surface area contributed by atoms with Crippen LogP contribution in [0, 0.1) is 0 Å². The number of piperidine rings is 1. The lowest BCUT2D eigenvalue weighted by Crippen LogP contribution is -2.38. The van der Waals surface area contributed by atoms with Gasteiger partial charge in [0.05, 0.1) is 13.2 Å². The van der Waals surface area contributed by atoms with Crippen LogP contribution in [0.3, 0.4) is 0 Å². The van der Waals surface area contributed by atoms with E-state index in [1.807, 2.05) is 0 Å². The molecule has 0 spiro atoms. The highest BCUT2D eigenvalue weighted by atomic mass is 16.3. The van der Waals surface area contributed by atoms with Gasteiger partial charge in [-0.2, -0.15) is 0 Å². The summed E-state index contributed by atoms with van der Waals surface area (Å²) in [6.45, 7) is 6.11. The standard InChI is InChI=1S/C13H23N5O/c1-16-5-6-18-12(10-16)14-15-13(18)11-3-2-4-17(9-11)7-8-19/h11,19H,2-10H2,1H3/t11-/m1/s1. The van der Waals surface area contributed by atoms with Crippen molar-refractivity contribution < 1.29 is 5.11 Å². The molecule has 0 amide bonds. The number of rotatable bonds is 3. The van der Waals surface area contributed by atoms with Gasteiger partial charge in [-0.3, -0.25) is 4.90 Å². The first kappa shape index (κ1) is 13.0. The Hall–Kier alpha value is -0.980. The second-order valence-electron chi connectivity index (χ2n) is 5.73. The van der Waals surface area contributed by atoms with Crippen LogP contribution in [0.2, 0.25) is 0 Å². The number of likely N-dealkylation sites (tertiary alicyclic amines) is 1. The summed E-state index contributed by atoms with van der Waals surface area (Å²) >= 11 is 0. The lowest BCUT2D eigenvalue weighted by molar-refractivity contribution is 0.157. The molecule has 19 heavy (non-hydrogen) atoms. The van der Waals surface area contributed by atoms with Gasteiger partial charge >= 0.3 is 0 Å². The van der Waals surface area contributed by atoms with Crippen molar-refractivity contribution in [3.8, 4) is 0 Å². The van der Waals surface area contributed by atoms with Crippen LogP contribution in [0.5, 0.6) is 0 Å². The van der Waals surface area contributed by atoms with Crippen LogP contribution in [0.4, 0.5) is 0 Å². The average Bonchev–Trinajstić information content (AvgIpc) is 2.82. The van der Waals surface area contributed by atoms with E-state index in [-0.39, 0.29) is 6.61 Å². The van der Waals surface area contributed by atoms with Crippen molar-refractivity contribution >= 4 is 0 Å². The molecule has 0 unspecified atom stereocenters. The van der Waals surface area contributed by atoms with E-state index >= 15 is 0 Å². The fourth-order valence-electron chi connectivity index (χ4n) is 3.21. The van der Waals surface area contributed by atoms with E-state index in [1.54, 1.807) is 0 Å². The minimum atomic E-state index is 0.245. The second-order valence-corrected chi connectivity index (χ2v) is 5.73. The molecule has 1 N–H and O–H groups in total. The van der Waals surface area contributed by atoms with Gasteiger partial charge in [0.2, 0.25) is 0 Å². The Morgan fingerprint density at radius 2 is 2.16 bits per heavy atom. The molecule has 0 saturated carbocycles. The van der Waals surface area contributed by atoms with E-state index in [2.05, 4.69) is 31.6 Å². The predicted molar refractivity (Wildman–Crippen MR) is 71.9 cm³/mol. The summed E-state index contributed by atoms with van der Waals surface area (Å²) in [5, 5.41) is 17.9. The lowest BCUT2D eigenvalue weighted by atomic mass is 9.97. The molecule has 6 nitrogen and oxygen atoms in total. The van der Waals surface area contributed by atoms with Crippen molar-refractivity contribution in [3.05, 3.63) is 11.6 Å². The Morgan fingerprint density at radius 3 is 3.00 bits per heavy atom. The number of fused-ring (bicyclic) bond motifs is 1. The van der Waals surface area contributed by atoms with Crippen molar-refractivity contribution in [3.63, 3.8) is 0 Å². The third kappa shape index (κ3) is 2.66. The monoisotopic (exact) mass is 265 g/mol. The maximum absolute atomic E-state index is 9.08. The molecule has 3 heterocycles. The van der Waals surface area contributed by atoms with Crippen LogP contribution < -0.4 is 0 Å². The maximum atomic E-state index is 9.08. The SMILES string of the molecule is CN1CCn2c(nnc2[C@@H]2CCCN(CCO)C2)C1. The summed E-state index contributed by atoms with van der Waals surface area (Å²) < 4.78 is 2.31. The summed E-state index contributed by atoms with van der Waals surface area (Å²) in [4.78, 5) is 4.62. The summed E-state index contributed by atoms with van der Waals surface area (Å²) in [7, 11) is 2.13. The molecular formula is C13H23N5O. The number of aromatic nitrogens is 3. The minimum absolute atomic E-state index is 0.245. The molecule has 1 aromatic heterocycles. The van der Waals surface area contributed by atoms with E-state index < -0.39 is 0 Å². The smallest absolute Gasteiger partial charge is 0.147 e. The van der Waals surface area contributed by atoms with Crippen molar-refractivity contribution in [2.45, 2.75) is 31.8 Å². The summed E-state index contributed by atoms with van der Waals surface area (Å²) in [6, 6.07) is 0. The molecule has 2 aliphatic heterocycles. The highest BCUT2D eigenvalue weighted by Gasteiger charge is 2.28. The summed E-state index contributed by atoms with van der Waals surface area (Å²) in [5.74, 6) is 2.73. The zero-order chi connectivity index (χ0) is 13.2. The van der Waals surface area contributed by atoms with Crippen LogP contribution in [0.15, 0.2) is 0 Å². The first-order valence-corrected chi connectivity index (χ1v) is 7.21. The zero-order valence-corrected chi connectivity index (χ0v) is 11.6. The molecular weight excluding hydrogens is 242 g/mol. The predicted octanol–water partition coefficient (Wildman–Crippen LogP) is -0.105. The Morgan fingerprint density at radius 1 is 1.26 bits per heavy atom. The first-order valence-electron chi connectivity index (χ1n) is 7.21. The summed E-state index contributed by atoms with van der Waals surface area (Å²) in [5.41, 5.74) is 0. The number of nitrogens with zero attached hydrogens (tertiary/aromatic N) is 5. The van der Waals surface area contributed by atoms with Gasteiger partial charge in [-0.1, -0.05) is 0 Å². The summed E-state index contributed by atoms with van der Waals surface area (Å²) in [6.07, 6.45) is 2.38. The fraction of sp³-hybridized carbons (Fsp3) is 0.846. The van der Waals surface area contributed by atoms with Crippen molar-refractivity contribution in [1.82, 2.24) is 24.6 Å². The van der Waals surface area contributed by atoms with Crippen LogP contribution in [-0.2, 0) is 13.1 Å². The Labute approximate surface area is 114 Å². The van der Waals surface area contributed by atoms with Crippen molar-refractivity contribution in [2.24, 2.45) is 0 Å². The molecule has 0 aromatic carbocycles. The molecule has 1 aromatic rings. The van der Waals surface area contributed by atoms with Crippen LogP contribution in [0.1, 0.15) is 30.4 Å². The highest BCUT2D eigenvalue weighted by molar-refractivity contribution is 5.06. The lowest BCUT2D eigenvalue weighted by Gasteiger charge is -2.32. The molecule has 0 bridgehead atoms. The number of β-amino-alcohol motifs (C(OH)–C–C–N with tert-alkyl or cyclic N) is 1. The minimum Gasteiger partial charge on any atom is -0.395 e. The maximum Gasteiger partial charge on any atom is 0.147 e. The number of hydrogen-bond donors (Lipinski definition) is 1. The number of hydrogen-bond acceptors (Lipinski definition) is 5. The topological polar surface area (TPSA) is 57.4 Å². The highest BCUT2D eigenvalue weighted by Crippen LogP contribution is 2.27. The van der Waals surface area contributed by atoms with Gasteiger partial charge in [-0.05, 0) is 26.4 Å². The van der Waals surface area contributed by atoms with Gasteiger partial charge < -0.3 is 14.6 Å². The van der Waals surface area contributed by atoms with Gasteiger partial charge in [0.25, 0.3) is 0 Å². The zero-order valence-electron chi connectivity index (χ0n) is 11.6. The number of likely N-dealkylation sites (N-methyl/N-ethyl adjacent to an activating group) is 1.